The molecule has 0 bridgehead atoms. The van der Waals surface area contributed by atoms with Crippen molar-refractivity contribution in [2.45, 2.75) is 38.1 Å². The van der Waals surface area contributed by atoms with Crippen LogP contribution < -0.4 is 10.6 Å². The third kappa shape index (κ3) is 7.41. The molecule has 2 heterocycles. The summed E-state index contributed by atoms with van der Waals surface area (Å²) < 4.78 is 91.4. The Labute approximate surface area is 190 Å². The molecule has 0 saturated carbocycles. The maximum atomic E-state index is 13.7. The van der Waals surface area contributed by atoms with Crippen LogP contribution >= 0.6 is 8.25 Å². The number of aromatic nitrogens is 3. The highest BCUT2D eigenvalue weighted by Crippen LogP contribution is 2.29. The lowest BCUT2D eigenvalue weighted by molar-refractivity contribution is -0.452. The Kier molecular flexibility index (Phi) is 9.43. The first-order valence-electron chi connectivity index (χ1n) is 9.12. The molecule has 1 aliphatic heterocycles. The zero-order valence-electron chi connectivity index (χ0n) is 16.8. The lowest BCUT2D eigenvalue weighted by atomic mass is 10.0. The lowest BCUT2D eigenvalue weighted by Gasteiger charge is -2.29. The number of alkyl halides is 3. The molecule has 1 unspecified atom stereocenters. The van der Waals surface area contributed by atoms with Crippen LogP contribution in [0.4, 0.5) is 26.3 Å². The van der Waals surface area contributed by atoms with Crippen LogP contribution in [0.3, 0.4) is 0 Å². The largest absolute Gasteiger partial charge is 0.564 e. The molecule has 2 aromatic rings. The second-order valence-corrected chi connectivity index (χ2v) is 7.40. The van der Waals surface area contributed by atoms with E-state index in [0.717, 1.165) is 4.57 Å². The van der Waals surface area contributed by atoms with Gasteiger partial charge in [-0.05, 0) is 27.7 Å². The Hall–Kier alpha value is -2.69. The summed E-state index contributed by atoms with van der Waals surface area (Å²) in [6.45, 7) is -0.302. The van der Waals surface area contributed by atoms with Gasteiger partial charge in [0.25, 0.3) is 0 Å². The smallest absolute Gasteiger partial charge is 0.524 e. The maximum absolute atomic E-state index is 13.7. The minimum atomic E-state index is -4.64. The van der Waals surface area contributed by atoms with Crippen molar-refractivity contribution in [2.24, 2.45) is 5.73 Å². The van der Waals surface area contributed by atoms with E-state index in [0.29, 0.717) is 12.1 Å². The summed E-state index contributed by atoms with van der Waals surface area (Å²) >= 11 is 0. The van der Waals surface area contributed by atoms with Crippen molar-refractivity contribution in [3.8, 4) is 0 Å². The van der Waals surface area contributed by atoms with E-state index in [2.05, 4.69) is 19.9 Å². The number of carbonyl (C=O) groups excluding carboxylic acids is 1. The van der Waals surface area contributed by atoms with Crippen molar-refractivity contribution < 1.29 is 58.4 Å². The SMILES string of the molecule is N[C@@H](CC(=O)N1CCn2c(nnc2C(F)(F)F)C1)Cc1cc(F)c(F)cc1F.O=[P+]([O-])OOO.[HH].[HH]. The number of carbonyl (C=O) groups is 1. The molecule has 11 nitrogen and oxygen atoms in total. The van der Waals surface area contributed by atoms with Crippen LogP contribution in [0, 0.1) is 17.5 Å². The zero-order chi connectivity index (χ0) is 25.6. The van der Waals surface area contributed by atoms with Gasteiger partial charge >= 0.3 is 14.4 Å². The van der Waals surface area contributed by atoms with Crippen molar-refractivity contribution in [3.63, 3.8) is 0 Å². The number of nitrogens with zero attached hydrogens (tertiary/aromatic N) is 4. The van der Waals surface area contributed by atoms with E-state index in [1.54, 1.807) is 0 Å². The Balaban J connectivity index is 0.00000137. The minimum Gasteiger partial charge on any atom is -0.564 e. The van der Waals surface area contributed by atoms with Crippen molar-refractivity contribution in [2.75, 3.05) is 6.54 Å². The number of amides is 1. The van der Waals surface area contributed by atoms with E-state index < -0.39 is 49.7 Å². The molecule has 2 atom stereocenters. The van der Waals surface area contributed by atoms with Crippen LogP contribution in [0.2, 0.25) is 0 Å². The summed E-state index contributed by atoms with van der Waals surface area (Å²) in [4.78, 5) is 22.8. The molecular formula is C16H20F6N5O6P. The fourth-order valence-corrected chi connectivity index (χ4v) is 3.09. The first kappa shape index (κ1) is 27.6. The summed E-state index contributed by atoms with van der Waals surface area (Å²) in [6.07, 6.45) is -5.11. The summed E-state index contributed by atoms with van der Waals surface area (Å²) in [7, 11) is -3.07. The molecule has 1 aromatic heterocycles. The summed E-state index contributed by atoms with van der Waals surface area (Å²) in [5.41, 5.74) is 5.64. The summed E-state index contributed by atoms with van der Waals surface area (Å²) in [5, 5.41) is 16.4. The van der Waals surface area contributed by atoms with E-state index in [1.807, 2.05) is 0 Å². The summed E-state index contributed by atoms with van der Waals surface area (Å²) in [6, 6.07) is 0.184. The fourth-order valence-electron chi connectivity index (χ4n) is 3.04. The minimum absolute atomic E-state index is 0. The molecule has 0 aliphatic carbocycles. The van der Waals surface area contributed by atoms with Crippen LogP contribution in [-0.2, 0) is 44.8 Å². The molecule has 0 saturated heterocycles. The first-order valence-corrected chi connectivity index (χ1v) is 10.2. The van der Waals surface area contributed by atoms with E-state index in [9.17, 15) is 31.1 Å². The second kappa shape index (κ2) is 11.6. The highest BCUT2D eigenvalue weighted by atomic mass is 31.1. The second-order valence-electron chi connectivity index (χ2n) is 6.80. The zero-order valence-corrected chi connectivity index (χ0v) is 17.7. The number of nitrogens with two attached hydrogens (primary N) is 1. The standard InChI is InChI=1S/C16H15F6N5O.HO5P.2H2/c17-10-6-12(19)11(18)4-8(10)3-9(23)5-14(28)26-1-2-27-13(7-26)24-25-15(27)16(20,21)22;1-4-5-6(2)3;;/h4,6,9H,1-3,5,7,23H2;1H;2*1H/t9-;;;/m1.../s1. The molecule has 1 aliphatic rings. The Morgan fingerprint density at radius 2 is 1.88 bits per heavy atom. The third-order valence-electron chi connectivity index (χ3n) is 4.46. The molecule has 34 heavy (non-hydrogen) atoms. The Morgan fingerprint density at radius 1 is 1.24 bits per heavy atom. The number of hydrogen-bond donors (Lipinski definition) is 2. The lowest BCUT2D eigenvalue weighted by Crippen LogP contribution is -2.42. The van der Waals surface area contributed by atoms with E-state index in [-0.39, 0.29) is 46.7 Å². The average Bonchev–Trinajstić information content (AvgIpc) is 3.16. The predicted molar refractivity (Wildman–Crippen MR) is 99.7 cm³/mol. The molecule has 0 fully saturated rings. The van der Waals surface area contributed by atoms with E-state index in [4.69, 9.17) is 20.4 Å². The molecule has 192 valence electrons. The molecular weight excluding hydrogens is 503 g/mol. The molecule has 3 rings (SSSR count). The molecule has 0 spiro atoms. The monoisotopic (exact) mass is 523 g/mol. The number of halogens is 6. The van der Waals surface area contributed by atoms with E-state index in [1.165, 1.54) is 4.90 Å². The molecule has 1 aromatic carbocycles. The topological polar surface area (TPSA) is 156 Å². The molecule has 3 N–H and O–H groups in total. The van der Waals surface area contributed by atoms with Crippen LogP contribution in [0.1, 0.15) is 26.5 Å². The predicted octanol–water partition coefficient (Wildman–Crippen LogP) is 1.93. The molecule has 18 heteroatoms. The highest BCUT2D eigenvalue weighted by Gasteiger charge is 2.40. The molecule has 1 amide bonds. The van der Waals surface area contributed by atoms with Crippen molar-refractivity contribution in [1.29, 1.82) is 0 Å². The van der Waals surface area contributed by atoms with Crippen molar-refractivity contribution >= 4 is 14.2 Å². The van der Waals surface area contributed by atoms with Crippen LogP contribution in [-0.4, -0.2) is 43.4 Å². The van der Waals surface area contributed by atoms with Gasteiger partial charge in [0.15, 0.2) is 17.5 Å². The van der Waals surface area contributed by atoms with Gasteiger partial charge in [-0.15, -0.1) is 10.2 Å². The highest BCUT2D eigenvalue weighted by molar-refractivity contribution is 7.30. The van der Waals surface area contributed by atoms with Gasteiger partial charge in [-0.1, -0.05) is 0 Å². The number of hydrogen-bond acceptors (Lipinski definition) is 9. The van der Waals surface area contributed by atoms with Crippen molar-refractivity contribution in [1.82, 2.24) is 19.7 Å². The van der Waals surface area contributed by atoms with Crippen molar-refractivity contribution in [3.05, 3.63) is 46.8 Å². The normalized spacial score (nSPS) is 14.7. The van der Waals surface area contributed by atoms with Gasteiger partial charge in [0.2, 0.25) is 11.7 Å². The van der Waals surface area contributed by atoms with Gasteiger partial charge in [-0.25, -0.2) is 18.4 Å². The number of benzene rings is 1. The van der Waals surface area contributed by atoms with Gasteiger partial charge in [0.05, 0.1) is 11.2 Å². The quantitative estimate of drug-likeness (QED) is 0.190. The fraction of sp³-hybridized carbons (Fsp3) is 0.438. The van der Waals surface area contributed by atoms with Gasteiger partial charge < -0.3 is 20.1 Å². The van der Waals surface area contributed by atoms with Crippen LogP contribution in [0.5, 0.6) is 0 Å². The third-order valence-corrected chi connectivity index (χ3v) is 4.65. The van der Waals surface area contributed by atoms with Crippen LogP contribution in [0.25, 0.3) is 0 Å². The van der Waals surface area contributed by atoms with E-state index >= 15 is 0 Å². The maximum Gasteiger partial charge on any atom is 0.524 e. The van der Waals surface area contributed by atoms with Crippen LogP contribution in [0.15, 0.2) is 12.1 Å². The summed E-state index contributed by atoms with van der Waals surface area (Å²) in [5.74, 6) is -5.15. The van der Waals surface area contributed by atoms with Gasteiger partial charge in [0, 0.05) is 34.5 Å². The van der Waals surface area contributed by atoms with Gasteiger partial charge in [-0.2, -0.15) is 13.2 Å². The van der Waals surface area contributed by atoms with Gasteiger partial charge in [0.1, 0.15) is 5.82 Å². The van der Waals surface area contributed by atoms with Gasteiger partial charge in [-0.3, -0.25) is 4.79 Å². The number of fused-ring (bicyclic) bond motifs is 1. The average molecular weight is 523 g/mol. The molecule has 0 radical (unpaired) electrons. The Bertz CT molecular complexity index is 1050. The Morgan fingerprint density at radius 3 is 2.44 bits per heavy atom. The first-order chi connectivity index (χ1) is 15.8. The number of rotatable bonds is 6.